The fraction of sp³-hybridized carbons (Fsp3) is 0.207. The average Bonchev–Trinajstić information content (AvgIpc) is 3.22. The van der Waals surface area contributed by atoms with Gasteiger partial charge in [-0.2, -0.15) is 0 Å². The van der Waals surface area contributed by atoms with Crippen LogP contribution in [0.5, 0.6) is 11.5 Å². The largest absolute Gasteiger partial charge is 0.497 e. The van der Waals surface area contributed by atoms with Gasteiger partial charge in [-0.25, -0.2) is 9.79 Å². The molecule has 0 spiro atoms. The first-order valence-electron chi connectivity index (χ1n) is 12.0. The molecule has 1 atom stereocenters. The summed E-state index contributed by atoms with van der Waals surface area (Å²) in [6.45, 7) is 3.69. The highest BCUT2D eigenvalue weighted by Gasteiger charge is 2.36. The van der Waals surface area contributed by atoms with Gasteiger partial charge >= 0.3 is 5.97 Å². The summed E-state index contributed by atoms with van der Waals surface area (Å²) in [5, 5.41) is 2.30. The Kier molecular flexibility index (Phi) is 7.10. The number of aromatic nitrogens is 1. The van der Waals surface area contributed by atoms with Gasteiger partial charge in [-0.15, -0.1) is 0 Å². The average molecular weight is 549 g/mol. The minimum atomic E-state index is -0.830. The molecule has 0 aliphatic carbocycles. The Balaban J connectivity index is 1.86. The molecule has 0 bridgehead atoms. The number of ether oxygens (including phenoxy) is 3. The molecule has 1 unspecified atom stereocenters. The van der Waals surface area contributed by atoms with Gasteiger partial charge in [0.2, 0.25) is 0 Å². The smallest absolute Gasteiger partial charge is 0.338 e. The molecule has 2 heterocycles. The highest BCUT2D eigenvalue weighted by Crippen LogP contribution is 2.41. The Labute approximate surface area is 227 Å². The summed E-state index contributed by atoms with van der Waals surface area (Å²) in [6.07, 6.45) is 1.80. The Morgan fingerprint density at radius 3 is 2.53 bits per heavy atom. The second-order valence-electron chi connectivity index (χ2n) is 8.62. The van der Waals surface area contributed by atoms with Crippen molar-refractivity contribution in [1.29, 1.82) is 0 Å². The monoisotopic (exact) mass is 548 g/mol. The number of nitrogens with zero attached hydrogens (tertiary/aromatic N) is 2. The SMILES string of the molecule is CCOC(=O)C1=C(C)N=c2sc(=Cc3ccc(Cl)cc3)c(=O)n2C1c1c(OC)ccc2ccc(OC)cc12. The zero-order chi connectivity index (χ0) is 27.0. The number of thiazole rings is 1. The van der Waals surface area contributed by atoms with E-state index in [0.717, 1.165) is 16.3 Å². The number of carbonyl (C=O) groups is 1. The molecule has 7 nitrogen and oxygen atoms in total. The fourth-order valence-electron chi connectivity index (χ4n) is 4.66. The summed E-state index contributed by atoms with van der Waals surface area (Å²) in [4.78, 5) is 32.5. The molecule has 0 N–H and O–H groups in total. The lowest BCUT2D eigenvalue weighted by Crippen LogP contribution is -2.40. The van der Waals surface area contributed by atoms with Crippen molar-refractivity contribution in [2.75, 3.05) is 20.8 Å². The number of hydrogen-bond donors (Lipinski definition) is 0. The number of halogens is 1. The van der Waals surface area contributed by atoms with Gasteiger partial charge in [-0.3, -0.25) is 9.36 Å². The zero-order valence-corrected chi connectivity index (χ0v) is 22.9. The Bertz CT molecular complexity index is 1760. The van der Waals surface area contributed by atoms with Gasteiger partial charge in [-0.05, 0) is 66.6 Å². The predicted molar refractivity (Wildman–Crippen MR) is 149 cm³/mol. The Hall–Kier alpha value is -3.88. The fourth-order valence-corrected chi connectivity index (χ4v) is 5.84. The van der Waals surface area contributed by atoms with E-state index >= 15 is 0 Å². The van der Waals surface area contributed by atoms with Crippen molar-refractivity contribution < 1.29 is 19.0 Å². The topological polar surface area (TPSA) is 79.1 Å². The first-order chi connectivity index (χ1) is 18.4. The summed E-state index contributed by atoms with van der Waals surface area (Å²) in [5.41, 5.74) is 1.97. The Morgan fingerprint density at radius 2 is 1.84 bits per heavy atom. The van der Waals surface area contributed by atoms with Crippen LogP contribution >= 0.6 is 22.9 Å². The second kappa shape index (κ2) is 10.5. The number of esters is 1. The van der Waals surface area contributed by atoms with Crippen LogP contribution in [-0.4, -0.2) is 31.4 Å². The van der Waals surface area contributed by atoms with Gasteiger partial charge < -0.3 is 14.2 Å². The van der Waals surface area contributed by atoms with Crippen LogP contribution < -0.4 is 24.4 Å². The molecule has 0 fully saturated rings. The summed E-state index contributed by atoms with van der Waals surface area (Å²) in [5.74, 6) is 0.632. The summed E-state index contributed by atoms with van der Waals surface area (Å²) < 4.78 is 18.8. The standard InChI is InChI=1S/C29H25ClN2O5S/c1-5-37-28(34)24-16(2)31-29-32(27(33)23(38-29)14-17-6-10-19(30)11-7-17)26(24)25-21-15-20(35-3)12-8-18(21)9-13-22(25)36-4/h6-15,26H,5H2,1-4H3. The van der Waals surface area contributed by atoms with Gasteiger partial charge in [0.05, 0.1) is 36.6 Å². The van der Waals surface area contributed by atoms with E-state index in [2.05, 4.69) is 4.99 Å². The summed E-state index contributed by atoms with van der Waals surface area (Å²) >= 11 is 7.30. The van der Waals surface area contributed by atoms with E-state index in [0.29, 0.717) is 37.1 Å². The maximum Gasteiger partial charge on any atom is 0.338 e. The third kappa shape index (κ3) is 4.50. The van der Waals surface area contributed by atoms with Crippen molar-refractivity contribution in [2.24, 2.45) is 4.99 Å². The minimum Gasteiger partial charge on any atom is -0.497 e. The predicted octanol–water partition coefficient (Wildman–Crippen LogP) is 4.62. The molecule has 0 saturated carbocycles. The van der Waals surface area contributed by atoms with Crippen LogP contribution in [0, 0.1) is 0 Å². The number of rotatable bonds is 6. The van der Waals surface area contributed by atoms with E-state index in [1.54, 1.807) is 50.8 Å². The van der Waals surface area contributed by atoms with Gasteiger partial charge in [0.15, 0.2) is 4.80 Å². The molecule has 0 amide bonds. The summed E-state index contributed by atoms with van der Waals surface area (Å²) in [7, 11) is 3.16. The molecule has 0 saturated heterocycles. The molecule has 1 aromatic heterocycles. The Morgan fingerprint density at radius 1 is 1.11 bits per heavy atom. The zero-order valence-electron chi connectivity index (χ0n) is 21.3. The number of fused-ring (bicyclic) bond motifs is 2. The molecule has 194 valence electrons. The molecule has 1 aliphatic heterocycles. The lowest BCUT2D eigenvalue weighted by atomic mass is 9.90. The molecule has 3 aromatic carbocycles. The van der Waals surface area contributed by atoms with Crippen molar-refractivity contribution in [3.8, 4) is 11.5 Å². The number of carbonyl (C=O) groups excluding carboxylic acids is 1. The maximum absolute atomic E-state index is 14.0. The van der Waals surface area contributed by atoms with Gasteiger partial charge in [0.1, 0.15) is 17.5 Å². The molecule has 38 heavy (non-hydrogen) atoms. The van der Waals surface area contributed by atoms with Crippen molar-refractivity contribution in [1.82, 2.24) is 4.57 Å². The molecule has 1 aliphatic rings. The van der Waals surface area contributed by atoms with Crippen molar-refractivity contribution in [3.05, 3.63) is 102 Å². The molecular weight excluding hydrogens is 524 g/mol. The van der Waals surface area contributed by atoms with Crippen LogP contribution in [0.25, 0.3) is 16.8 Å². The third-order valence-electron chi connectivity index (χ3n) is 6.41. The minimum absolute atomic E-state index is 0.184. The highest BCUT2D eigenvalue weighted by molar-refractivity contribution is 7.07. The normalized spacial score (nSPS) is 15.3. The van der Waals surface area contributed by atoms with Crippen LogP contribution in [0.2, 0.25) is 5.02 Å². The third-order valence-corrected chi connectivity index (χ3v) is 7.64. The van der Waals surface area contributed by atoms with E-state index in [9.17, 15) is 9.59 Å². The van der Waals surface area contributed by atoms with Gasteiger partial charge in [-0.1, -0.05) is 47.2 Å². The maximum atomic E-state index is 14.0. The van der Waals surface area contributed by atoms with Crippen LogP contribution in [0.3, 0.4) is 0 Å². The molecule has 0 radical (unpaired) electrons. The van der Waals surface area contributed by atoms with Crippen LogP contribution in [0.1, 0.15) is 31.0 Å². The quantitative estimate of drug-likeness (QED) is 0.328. The number of allylic oxidation sites excluding steroid dienone is 1. The lowest BCUT2D eigenvalue weighted by molar-refractivity contribution is -0.139. The molecule has 4 aromatic rings. The van der Waals surface area contributed by atoms with E-state index in [1.807, 2.05) is 42.5 Å². The number of benzene rings is 3. The highest BCUT2D eigenvalue weighted by atomic mass is 35.5. The second-order valence-corrected chi connectivity index (χ2v) is 10.1. The number of methoxy groups -OCH3 is 2. The van der Waals surface area contributed by atoms with Crippen molar-refractivity contribution >= 4 is 45.8 Å². The molecular formula is C29H25ClN2O5S. The number of hydrogen-bond acceptors (Lipinski definition) is 7. The lowest BCUT2D eigenvalue weighted by Gasteiger charge is -2.27. The summed E-state index contributed by atoms with van der Waals surface area (Å²) in [6, 6.07) is 15.8. The molecule has 5 rings (SSSR count). The van der Waals surface area contributed by atoms with E-state index < -0.39 is 12.0 Å². The van der Waals surface area contributed by atoms with Crippen molar-refractivity contribution in [2.45, 2.75) is 19.9 Å². The van der Waals surface area contributed by atoms with Gasteiger partial charge in [0.25, 0.3) is 5.56 Å². The van der Waals surface area contributed by atoms with E-state index in [4.69, 9.17) is 25.8 Å². The van der Waals surface area contributed by atoms with E-state index in [-0.39, 0.29) is 17.7 Å². The molecule has 9 heteroatoms. The van der Waals surface area contributed by atoms with Crippen LogP contribution in [0.15, 0.2) is 75.7 Å². The van der Waals surface area contributed by atoms with Crippen LogP contribution in [0.4, 0.5) is 0 Å². The van der Waals surface area contributed by atoms with Gasteiger partial charge in [0, 0.05) is 10.6 Å². The first-order valence-corrected chi connectivity index (χ1v) is 13.2. The van der Waals surface area contributed by atoms with Crippen molar-refractivity contribution in [3.63, 3.8) is 0 Å². The van der Waals surface area contributed by atoms with Crippen LogP contribution in [-0.2, 0) is 9.53 Å². The first kappa shape index (κ1) is 25.8. The van der Waals surface area contributed by atoms with E-state index in [1.165, 1.54) is 11.3 Å².